The maximum Gasteiger partial charge on any atom is 0.127 e. The third-order valence-corrected chi connectivity index (χ3v) is 4.79. The van der Waals surface area contributed by atoms with Gasteiger partial charge in [0.25, 0.3) is 0 Å². The molecule has 23 heavy (non-hydrogen) atoms. The van der Waals surface area contributed by atoms with Crippen LogP contribution in [0.15, 0.2) is 48.1 Å². The molecule has 0 N–H and O–H groups in total. The van der Waals surface area contributed by atoms with Gasteiger partial charge in [-0.1, -0.05) is 18.2 Å². The van der Waals surface area contributed by atoms with Gasteiger partial charge < -0.3 is 9.64 Å². The summed E-state index contributed by atoms with van der Waals surface area (Å²) in [5, 5.41) is 1.07. The van der Waals surface area contributed by atoms with E-state index in [1.165, 1.54) is 0 Å². The summed E-state index contributed by atoms with van der Waals surface area (Å²) in [6.07, 6.45) is 4.16. The molecule has 1 aromatic rings. The zero-order chi connectivity index (χ0) is 17.0. The summed E-state index contributed by atoms with van der Waals surface area (Å²) in [5.41, 5.74) is 2.07. The number of hydrogen-bond acceptors (Lipinski definition) is 4. The number of benzene rings is 1. The van der Waals surface area contributed by atoms with E-state index in [0.717, 1.165) is 27.7 Å². The molecule has 0 radical (unpaired) electrons. The van der Waals surface area contributed by atoms with Crippen LogP contribution in [0.4, 0.5) is 0 Å². The highest BCUT2D eigenvalue weighted by Gasteiger charge is 2.32. The molecule has 3 nitrogen and oxygen atoms in total. The van der Waals surface area contributed by atoms with E-state index >= 15 is 0 Å². The van der Waals surface area contributed by atoms with E-state index in [1.807, 2.05) is 18.2 Å². The number of hydrogen-bond donors (Lipinski definition) is 0. The molecule has 0 saturated carbocycles. The predicted octanol–water partition coefficient (Wildman–Crippen LogP) is 4.81. The lowest BCUT2D eigenvalue weighted by Crippen LogP contribution is -2.45. The number of methoxy groups -OCH3 is 1. The molecule has 1 aliphatic heterocycles. The van der Waals surface area contributed by atoms with Crippen molar-refractivity contribution in [3.05, 3.63) is 48.7 Å². The van der Waals surface area contributed by atoms with E-state index in [2.05, 4.69) is 57.5 Å². The Balaban J connectivity index is 2.45. The van der Waals surface area contributed by atoms with Gasteiger partial charge in [-0.3, -0.25) is 4.99 Å². The minimum atomic E-state index is -0.242. The number of ether oxygens (including phenoxy) is 1. The van der Waals surface area contributed by atoms with Crippen molar-refractivity contribution in [2.24, 2.45) is 4.99 Å². The Morgan fingerprint density at radius 2 is 1.96 bits per heavy atom. The van der Waals surface area contributed by atoms with Gasteiger partial charge in [-0.05, 0) is 45.4 Å². The fourth-order valence-corrected chi connectivity index (χ4v) is 3.61. The number of rotatable bonds is 5. The minimum Gasteiger partial charge on any atom is -0.497 e. The van der Waals surface area contributed by atoms with Gasteiger partial charge in [-0.2, -0.15) is 0 Å². The number of nitrogens with zero attached hydrogens (tertiary/aromatic N) is 2. The Morgan fingerprint density at radius 1 is 1.30 bits per heavy atom. The Bertz CT molecular complexity index is 615. The van der Waals surface area contributed by atoms with Crippen molar-refractivity contribution in [1.82, 2.24) is 4.90 Å². The summed E-state index contributed by atoms with van der Waals surface area (Å²) in [5.74, 6) is 1.72. The van der Waals surface area contributed by atoms with Crippen LogP contribution < -0.4 is 4.74 Å². The molecule has 0 aliphatic carbocycles. The second-order valence-corrected chi connectivity index (χ2v) is 7.29. The normalized spacial score (nSPS) is 16.9. The molecule has 0 aromatic heterocycles. The molecule has 4 heteroatoms. The van der Waals surface area contributed by atoms with E-state index in [0.29, 0.717) is 6.04 Å². The van der Waals surface area contributed by atoms with Gasteiger partial charge in [0, 0.05) is 23.6 Å². The molecule has 124 valence electrons. The first-order valence-electron chi connectivity index (χ1n) is 7.87. The van der Waals surface area contributed by atoms with Crippen LogP contribution in [0.25, 0.3) is 5.57 Å². The summed E-state index contributed by atoms with van der Waals surface area (Å²) < 4.78 is 5.26. The van der Waals surface area contributed by atoms with Crippen LogP contribution in [0.2, 0.25) is 0 Å². The Labute approximate surface area is 144 Å². The Morgan fingerprint density at radius 3 is 2.48 bits per heavy atom. The van der Waals surface area contributed by atoms with Crippen LogP contribution in [-0.4, -0.2) is 34.5 Å². The molecule has 0 unspecified atom stereocenters. The van der Waals surface area contributed by atoms with E-state index in [1.54, 1.807) is 18.9 Å². The molecule has 0 bridgehead atoms. The first-order chi connectivity index (χ1) is 10.9. The highest BCUT2D eigenvalue weighted by Crippen LogP contribution is 2.35. The zero-order valence-electron chi connectivity index (χ0n) is 14.7. The average Bonchev–Trinajstić information content (AvgIpc) is 2.52. The van der Waals surface area contributed by atoms with E-state index in [-0.39, 0.29) is 5.66 Å². The molecule has 1 aromatic carbocycles. The van der Waals surface area contributed by atoms with Crippen LogP contribution in [0.5, 0.6) is 5.75 Å². The van der Waals surface area contributed by atoms with E-state index in [9.17, 15) is 0 Å². The van der Waals surface area contributed by atoms with Crippen molar-refractivity contribution in [2.75, 3.05) is 12.9 Å². The predicted molar refractivity (Wildman–Crippen MR) is 102 cm³/mol. The SMILES string of the molecule is C=CCSC1=NC(C)(C)N(C(C)C)C=C1c1ccc(OC)cc1. The van der Waals surface area contributed by atoms with Gasteiger partial charge >= 0.3 is 0 Å². The lowest BCUT2D eigenvalue weighted by molar-refractivity contribution is 0.154. The topological polar surface area (TPSA) is 24.8 Å². The third-order valence-electron chi connectivity index (χ3n) is 3.80. The van der Waals surface area contributed by atoms with Crippen molar-refractivity contribution in [3.63, 3.8) is 0 Å². The third kappa shape index (κ3) is 3.99. The fraction of sp³-hybridized carbons (Fsp3) is 0.421. The lowest BCUT2D eigenvalue weighted by Gasteiger charge is -2.42. The Kier molecular flexibility index (Phi) is 5.58. The van der Waals surface area contributed by atoms with Gasteiger partial charge in [-0.25, -0.2) is 0 Å². The lowest BCUT2D eigenvalue weighted by atomic mass is 10.0. The van der Waals surface area contributed by atoms with E-state index in [4.69, 9.17) is 9.73 Å². The van der Waals surface area contributed by atoms with Crippen LogP contribution in [0.3, 0.4) is 0 Å². The zero-order valence-corrected chi connectivity index (χ0v) is 15.5. The molecule has 0 spiro atoms. The van der Waals surface area contributed by atoms with Crippen LogP contribution in [-0.2, 0) is 0 Å². The second-order valence-electron chi connectivity index (χ2n) is 6.28. The van der Waals surface area contributed by atoms with Crippen molar-refractivity contribution < 1.29 is 4.74 Å². The van der Waals surface area contributed by atoms with Gasteiger partial charge in [-0.15, -0.1) is 18.3 Å². The first-order valence-corrected chi connectivity index (χ1v) is 8.86. The molecule has 1 aliphatic rings. The molecular weight excluding hydrogens is 304 g/mol. The molecule has 0 saturated heterocycles. The molecule has 0 fully saturated rings. The summed E-state index contributed by atoms with van der Waals surface area (Å²) in [6, 6.07) is 8.54. The number of aliphatic imine (C=N–C) groups is 1. The van der Waals surface area contributed by atoms with Gasteiger partial charge in [0.1, 0.15) is 16.5 Å². The van der Waals surface area contributed by atoms with Crippen molar-refractivity contribution >= 4 is 22.4 Å². The number of thioether (sulfide) groups is 1. The maximum absolute atomic E-state index is 5.26. The summed E-state index contributed by atoms with van der Waals surface area (Å²) >= 11 is 1.73. The van der Waals surface area contributed by atoms with Gasteiger partial charge in [0.05, 0.1) is 7.11 Å². The smallest absolute Gasteiger partial charge is 0.127 e. The van der Waals surface area contributed by atoms with Crippen LogP contribution in [0, 0.1) is 0 Å². The quantitative estimate of drug-likeness (QED) is 0.724. The van der Waals surface area contributed by atoms with Crippen molar-refractivity contribution in [3.8, 4) is 5.75 Å². The van der Waals surface area contributed by atoms with Crippen molar-refractivity contribution in [1.29, 1.82) is 0 Å². The molecule has 2 rings (SSSR count). The van der Waals surface area contributed by atoms with Crippen LogP contribution >= 0.6 is 11.8 Å². The summed E-state index contributed by atoms with van der Waals surface area (Å²) in [4.78, 5) is 7.32. The first kappa shape index (κ1) is 17.7. The standard InChI is InChI=1S/C19H26N2OS/c1-7-12-23-18-17(15-8-10-16(22-6)11-9-15)13-21(14(2)3)19(4,5)20-18/h7-11,13-14H,1,12H2,2-6H3. The average molecular weight is 330 g/mol. The second kappa shape index (κ2) is 7.26. The van der Waals surface area contributed by atoms with Crippen molar-refractivity contribution in [2.45, 2.75) is 39.4 Å². The highest BCUT2D eigenvalue weighted by atomic mass is 32.2. The van der Waals surface area contributed by atoms with Gasteiger partial charge in [0.2, 0.25) is 0 Å². The highest BCUT2D eigenvalue weighted by molar-refractivity contribution is 8.15. The molecule has 0 atom stereocenters. The molecular formula is C19H26N2OS. The van der Waals surface area contributed by atoms with E-state index < -0.39 is 0 Å². The molecule has 0 amide bonds. The fourth-order valence-electron chi connectivity index (χ4n) is 2.72. The largest absolute Gasteiger partial charge is 0.497 e. The summed E-state index contributed by atoms with van der Waals surface area (Å²) in [6.45, 7) is 12.5. The minimum absolute atomic E-state index is 0.242. The monoisotopic (exact) mass is 330 g/mol. The van der Waals surface area contributed by atoms with Crippen LogP contribution in [0.1, 0.15) is 33.3 Å². The van der Waals surface area contributed by atoms with Gasteiger partial charge in [0.15, 0.2) is 0 Å². The summed E-state index contributed by atoms with van der Waals surface area (Å²) in [7, 11) is 1.69. The Hall–Kier alpha value is -1.68. The molecule has 1 heterocycles. The maximum atomic E-state index is 5.26.